The molecule has 3 heterocycles. The van der Waals surface area contributed by atoms with Crippen LogP contribution in [0.3, 0.4) is 0 Å². The largest absolute Gasteiger partial charge is 0.513 e. The number of rotatable bonds is 11. The predicted molar refractivity (Wildman–Crippen MR) is 299 cm³/mol. The Labute approximate surface area is 408 Å². The Hall–Kier alpha value is -6.66. The average Bonchev–Trinajstić information content (AvgIpc) is 3.75. The Bertz CT molecular complexity index is 2310. The van der Waals surface area contributed by atoms with Gasteiger partial charge in [-0.15, -0.1) is 13.2 Å². The van der Waals surface area contributed by atoms with E-state index in [0.29, 0.717) is 0 Å². The van der Waals surface area contributed by atoms with Crippen molar-refractivity contribution in [2.24, 2.45) is 10.9 Å². The summed E-state index contributed by atoms with van der Waals surface area (Å²) in [6.45, 7) is 37.2. The van der Waals surface area contributed by atoms with Crippen LogP contribution in [0.5, 0.6) is 0 Å². The van der Waals surface area contributed by atoms with Crippen molar-refractivity contribution >= 4 is 23.2 Å². The standard InChI is InChI=1S/C50H53N5O.C3H6.4C2H6/c1-8-12-15-24-39(11-4)48-51-50(52-49(53(48)7)40(33-31-36(5)56)34-32-38(22-9-2)23-10-3)55-44-29-21-20-25-41(44)35-46(55)47-37(6)43-28-18-14-19-30-45(43)54(47)42-26-16-13-17-27-42;1-3-2;4*1-2/h8-11,13-29,31-34,37,49,56H,1-2,12,30,35H2,3-7H3;3H,1H2,2H3;4*1-2H3/p+1/b23-10-,24-15-,34-32+,36-31+,38-22+,39-11+,40-33+,47-46-;;;;;. The zero-order valence-electron chi connectivity index (χ0n) is 43.6. The van der Waals surface area contributed by atoms with Gasteiger partial charge in [0.2, 0.25) is 6.17 Å². The van der Waals surface area contributed by atoms with Gasteiger partial charge in [0, 0.05) is 35.7 Å². The van der Waals surface area contributed by atoms with Crippen molar-refractivity contribution in [3.05, 3.63) is 228 Å². The molecule has 358 valence electrons. The minimum atomic E-state index is -0.459. The van der Waals surface area contributed by atoms with Gasteiger partial charge in [0.25, 0.3) is 5.84 Å². The third-order valence-electron chi connectivity index (χ3n) is 10.3. The van der Waals surface area contributed by atoms with Gasteiger partial charge in [-0.3, -0.25) is 4.90 Å². The van der Waals surface area contributed by atoms with Gasteiger partial charge in [-0.25, -0.2) is 9.89 Å². The molecule has 2 atom stereocenters. The molecule has 1 aliphatic carbocycles. The number of guanidine groups is 1. The van der Waals surface area contributed by atoms with Gasteiger partial charge >= 0.3 is 5.96 Å². The lowest BCUT2D eigenvalue weighted by atomic mass is 9.97. The van der Waals surface area contributed by atoms with E-state index in [1.807, 2.05) is 99.6 Å². The van der Waals surface area contributed by atoms with Crippen LogP contribution in [0.25, 0.3) is 0 Å². The summed E-state index contributed by atoms with van der Waals surface area (Å²) in [4.78, 5) is 10.4. The van der Waals surface area contributed by atoms with Crippen molar-refractivity contribution in [3.8, 4) is 0 Å². The van der Waals surface area contributed by atoms with E-state index >= 15 is 0 Å². The topological polar surface area (TPSA) is 54.1 Å². The number of hydrogen-bond acceptors (Lipinski definition) is 5. The second-order valence-corrected chi connectivity index (χ2v) is 14.5. The lowest BCUT2D eigenvalue weighted by Crippen LogP contribution is -2.53. The highest BCUT2D eigenvalue weighted by Crippen LogP contribution is 2.48. The van der Waals surface area contributed by atoms with E-state index in [2.05, 4.69) is 170 Å². The molecule has 2 aromatic rings. The summed E-state index contributed by atoms with van der Waals surface area (Å²) in [7, 11) is 2.07. The molecule has 0 saturated carbocycles. The number of aliphatic hydroxyl groups is 1. The Morgan fingerprint density at radius 3 is 2.09 bits per heavy atom. The van der Waals surface area contributed by atoms with E-state index in [1.54, 1.807) is 25.2 Å². The van der Waals surface area contributed by atoms with E-state index < -0.39 is 6.17 Å². The van der Waals surface area contributed by atoms with E-state index in [9.17, 15) is 5.11 Å². The maximum Gasteiger partial charge on any atom is 0.303 e. The van der Waals surface area contributed by atoms with Crippen LogP contribution in [-0.4, -0.2) is 34.7 Å². The van der Waals surface area contributed by atoms with Crippen molar-refractivity contribution in [2.45, 2.75) is 115 Å². The van der Waals surface area contributed by atoms with Crippen LogP contribution < -0.4 is 15.1 Å². The van der Waals surface area contributed by atoms with Crippen molar-refractivity contribution in [1.29, 1.82) is 0 Å². The first kappa shape index (κ1) is 58.4. The molecule has 0 saturated heterocycles. The molecule has 2 aromatic carbocycles. The number of fused-ring (bicyclic) bond motifs is 1. The van der Waals surface area contributed by atoms with E-state index in [4.69, 9.17) is 4.99 Å². The van der Waals surface area contributed by atoms with Gasteiger partial charge in [-0.2, -0.15) is 4.99 Å². The molecule has 4 aliphatic rings. The second-order valence-electron chi connectivity index (χ2n) is 14.5. The molecule has 0 radical (unpaired) electrons. The number of anilines is 2. The molecule has 2 unspecified atom stereocenters. The van der Waals surface area contributed by atoms with Crippen LogP contribution in [0.1, 0.15) is 108 Å². The maximum atomic E-state index is 10.4. The summed E-state index contributed by atoms with van der Waals surface area (Å²) in [6.07, 6.45) is 36.4. The quantitative estimate of drug-likeness (QED) is 0.102. The fraction of sp³-hybridized carbons (Fsp3) is 0.311. The molecular weight excluding hydrogens is 819 g/mol. The fourth-order valence-electron chi connectivity index (χ4n) is 7.69. The number of allylic oxidation sites excluding steroid dienone is 19. The Balaban J connectivity index is 0.00000189. The number of hydrogen-bond donors (Lipinski definition) is 2. The molecule has 0 aromatic heterocycles. The molecular formula is C61H84N5O+. The number of benzene rings is 2. The first-order chi connectivity index (χ1) is 32.7. The number of aliphatic imine (C=N–C) groups is 1. The Morgan fingerprint density at radius 1 is 0.821 bits per heavy atom. The number of aliphatic hydroxyl groups excluding tert-OH is 1. The first-order valence-corrected chi connectivity index (χ1v) is 24.4. The van der Waals surface area contributed by atoms with Crippen LogP contribution >= 0.6 is 0 Å². The molecule has 0 bridgehead atoms. The van der Waals surface area contributed by atoms with Crippen LogP contribution in [0, 0.1) is 5.92 Å². The minimum Gasteiger partial charge on any atom is -0.513 e. The van der Waals surface area contributed by atoms with Gasteiger partial charge in [0.05, 0.1) is 35.5 Å². The third-order valence-corrected chi connectivity index (χ3v) is 10.3. The maximum absolute atomic E-state index is 10.4. The summed E-state index contributed by atoms with van der Waals surface area (Å²) in [5, 5.41) is 14.2. The highest BCUT2D eigenvalue weighted by Gasteiger charge is 2.43. The molecule has 0 amide bonds. The smallest absolute Gasteiger partial charge is 0.303 e. The molecule has 3 aliphatic heterocycles. The summed E-state index contributed by atoms with van der Waals surface area (Å²) < 4.78 is 2.17. The monoisotopic (exact) mass is 903 g/mol. The molecule has 6 rings (SSSR count). The number of amidine groups is 1. The highest BCUT2D eigenvalue weighted by molar-refractivity contribution is 6.15. The van der Waals surface area contributed by atoms with Gasteiger partial charge < -0.3 is 10.0 Å². The lowest BCUT2D eigenvalue weighted by molar-refractivity contribution is -0.528. The first-order valence-electron chi connectivity index (χ1n) is 24.4. The number of para-hydroxylation sites is 2. The summed E-state index contributed by atoms with van der Waals surface area (Å²) in [6, 6.07) is 19.4. The Morgan fingerprint density at radius 2 is 1.48 bits per heavy atom. The number of nitrogens with zero attached hydrogens (tertiary/aromatic N) is 4. The summed E-state index contributed by atoms with van der Waals surface area (Å²) >= 11 is 0. The van der Waals surface area contributed by atoms with Gasteiger partial charge in [-0.05, 0) is 81.2 Å². The normalized spacial score (nSPS) is 19.0. The molecule has 67 heavy (non-hydrogen) atoms. The number of likely N-dealkylation sites (N-methyl/N-ethyl adjacent to an activating group) is 1. The van der Waals surface area contributed by atoms with Gasteiger partial charge in [0.15, 0.2) is 0 Å². The fourth-order valence-corrected chi connectivity index (χ4v) is 7.69. The zero-order chi connectivity index (χ0) is 50.3. The SMILES string of the molecule is C=C/C=C(\C=C/C)/C=C/C(=C\C=C(/C)O)C1N=C(N2/C(=C3/C(C)C4=C(CC=CC=C4)N3c3ccccc3)Cc3ccccc32)NC(C(/C=C\CC=C)=C/C)=[N+]1C.C=CC.CC.CC.CC.CC. The third kappa shape index (κ3) is 15.7. The summed E-state index contributed by atoms with van der Waals surface area (Å²) in [5.41, 5.74) is 11.5. The minimum absolute atomic E-state index is 0.130. The molecule has 0 fully saturated rings. The van der Waals surface area contributed by atoms with Crippen molar-refractivity contribution < 1.29 is 9.68 Å². The van der Waals surface area contributed by atoms with Gasteiger partial charge in [-0.1, -0.05) is 196 Å². The van der Waals surface area contributed by atoms with E-state index in [1.165, 1.54) is 28.2 Å². The van der Waals surface area contributed by atoms with Crippen LogP contribution in [0.2, 0.25) is 0 Å². The average molecular weight is 903 g/mol. The van der Waals surface area contributed by atoms with Crippen molar-refractivity contribution in [1.82, 2.24) is 5.32 Å². The second kappa shape index (κ2) is 32.9. The lowest BCUT2D eigenvalue weighted by Gasteiger charge is -2.32. The van der Waals surface area contributed by atoms with Crippen molar-refractivity contribution in [2.75, 3.05) is 16.8 Å². The molecule has 2 N–H and O–H groups in total. The Kier molecular flexibility index (Phi) is 28.7. The molecule has 6 heteroatoms. The highest BCUT2D eigenvalue weighted by atomic mass is 16.3. The van der Waals surface area contributed by atoms with Gasteiger partial charge in [0.1, 0.15) is 0 Å². The number of nitrogens with one attached hydrogen (secondary N) is 1. The van der Waals surface area contributed by atoms with Crippen LogP contribution in [0.4, 0.5) is 11.4 Å². The zero-order valence-corrected chi connectivity index (χ0v) is 43.6. The molecule has 6 nitrogen and oxygen atoms in total. The van der Waals surface area contributed by atoms with Crippen molar-refractivity contribution in [3.63, 3.8) is 0 Å². The predicted octanol–water partition coefficient (Wildman–Crippen LogP) is 16.5. The van der Waals surface area contributed by atoms with E-state index in [0.717, 1.165) is 59.2 Å². The van der Waals surface area contributed by atoms with Crippen LogP contribution in [-0.2, 0) is 6.42 Å². The van der Waals surface area contributed by atoms with Crippen LogP contribution in [0.15, 0.2) is 228 Å². The summed E-state index contributed by atoms with van der Waals surface area (Å²) in [5.74, 6) is 1.98. The molecule has 0 spiro atoms. The van der Waals surface area contributed by atoms with E-state index in [-0.39, 0.29) is 11.7 Å².